The molecule has 6 aromatic rings. The molecule has 1 aliphatic carbocycles. The molecular formula is C27H21N9O. The Morgan fingerprint density at radius 2 is 1.86 bits per heavy atom. The number of hydrogen-bond acceptors (Lipinski definition) is 7. The summed E-state index contributed by atoms with van der Waals surface area (Å²) in [6.07, 6.45) is 11.7. The smallest absolute Gasteiger partial charge is 0.227 e. The first-order valence-electron chi connectivity index (χ1n) is 12.1. The highest BCUT2D eigenvalue weighted by Crippen LogP contribution is 2.32. The van der Waals surface area contributed by atoms with Crippen molar-refractivity contribution in [2.45, 2.75) is 19.3 Å². The second-order valence-electron chi connectivity index (χ2n) is 9.13. The largest absolute Gasteiger partial charge is 0.324 e. The number of carbonyl (C=O) groups is 1. The number of aromatic amines is 2. The van der Waals surface area contributed by atoms with Gasteiger partial charge in [0.05, 0.1) is 23.0 Å². The van der Waals surface area contributed by atoms with E-state index in [-0.39, 0.29) is 11.8 Å². The molecule has 0 aromatic carbocycles. The summed E-state index contributed by atoms with van der Waals surface area (Å²) in [6, 6.07) is 11.6. The van der Waals surface area contributed by atoms with E-state index in [1.54, 1.807) is 31.0 Å². The fraction of sp³-hybridized carbons (Fsp3) is 0.148. The molecule has 1 amide bonds. The van der Waals surface area contributed by atoms with Crippen LogP contribution in [0.4, 0.5) is 5.69 Å². The molecule has 180 valence electrons. The van der Waals surface area contributed by atoms with Gasteiger partial charge in [0.1, 0.15) is 11.2 Å². The van der Waals surface area contributed by atoms with E-state index >= 15 is 0 Å². The van der Waals surface area contributed by atoms with Crippen LogP contribution >= 0.6 is 0 Å². The number of amides is 1. The Kier molecular flexibility index (Phi) is 4.95. The summed E-state index contributed by atoms with van der Waals surface area (Å²) in [4.78, 5) is 38.3. The minimum absolute atomic E-state index is 0.0551. The van der Waals surface area contributed by atoms with Crippen molar-refractivity contribution in [1.29, 1.82) is 0 Å². The number of fused-ring (bicyclic) bond motifs is 2. The molecule has 10 heteroatoms. The summed E-state index contributed by atoms with van der Waals surface area (Å²) < 4.78 is 0. The maximum Gasteiger partial charge on any atom is 0.227 e. The monoisotopic (exact) mass is 487 g/mol. The maximum absolute atomic E-state index is 12.4. The van der Waals surface area contributed by atoms with Crippen LogP contribution in [0.15, 0.2) is 67.4 Å². The predicted octanol–water partition coefficient (Wildman–Crippen LogP) is 4.76. The van der Waals surface area contributed by atoms with Crippen molar-refractivity contribution in [2.24, 2.45) is 5.92 Å². The molecule has 0 atom stereocenters. The molecule has 0 saturated heterocycles. The molecule has 0 unspecified atom stereocenters. The fourth-order valence-corrected chi connectivity index (χ4v) is 4.57. The van der Waals surface area contributed by atoms with Crippen molar-refractivity contribution >= 4 is 33.8 Å². The van der Waals surface area contributed by atoms with Crippen LogP contribution in [-0.4, -0.2) is 46.0 Å². The lowest BCUT2D eigenvalue weighted by atomic mass is 9.85. The van der Waals surface area contributed by atoms with Crippen LogP contribution in [0.1, 0.15) is 19.3 Å². The first kappa shape index (κ1) is 21.3. The van der Waals surface area contributed by atoms with Gasteiger partial charge in [-0.05, 0) is 43.2 Å². The number of nitrogens with zero attached hydrogens (tertiary/aromatic N) is 6. The minimum atomic E-state index is 0.0551. The number of rotatable bonds is 5. The molecule has 1 saturated carbocycles. The normalized spacial score (nSPS) is 13.6. The number of pyridine rings is 4. The van der Waals surface area contributed by atoms with Gasteiger partial charge in [0.25, 0.3) is 0 Å². The second-order valence-corrected chi connectivity index (χ2v) is 9.13. The molecular weight excluding hydrogens is 466 g/mol. The molecule has 10 nitrogen and oxygen atoms in total. The van der Waals surface area contributed by atoms with Crippen molar-refractivity contribution in [2.75, 3.05) is 5.32 Å². The van der Waals surface area contributed by atoms with E-state index in [4.69, 9.17) is 4.98 Å². The zero-order valence-corrected chi connectivity index (χ0v) is 19.6. The number of anilines is 1. The quantitative estimate of drug-likeness (QED) is 0.319. The number of carbonyl (C=O) groups excluding carboxylic acids is 1. The van der Waals surface area contributed by atoms with Crippen LogP contribution in [0, 0.1) is 5.92 Å². The predicted molar refractivity (Wildman–Crippen MR) is 139 cm³/mol. The summed E-state index contributed by atoms with van der Waals surface area (Å²) in [7, 11) is 0. The van der Waals surface area contributed by atoms with Gasteiger partial charge < -0.3 is 10.3 Å². The van der Waals surface area contributed by atoms with Crippen LogP contribution < -0.4 is 5.32 Å². The van der Waals surface area contributed by atoms with Gasteiger partial charge >= 0.3 is 0 Å². The highest BCUT2D eigenvalue weighted by atomic mass is 16.1. The Balaban J connectivity index is 1.26. The third-order valence-corrected chi connectivity index (χ3v) is 6.78. The molecule has 37 heavy (non-hydrogen) atoms. The van der Waals surface area contributed by atoms with E-state index in [1.807, 2.05) is 36.4 Å². The highest BCUT2D eigenvalue weighted by Gasteiger charge is 2.25. The number of nitrogens with one attached hydrogen (secondary N) is 3. The Morgan fingerprint density at radius 1 is 0.946 bits per heavy atom. The van der Waals surface area contributed by atoms with Crippen LogP contribution in [-0.2, 0) is 4.79 Å². The van der Waals surface area contributed by atoms with Gasteiger partial charge in [-0.25, -0.2) is 15.0 Å². The average Bonchev–Trinajstić information content (AvgIpc) is 3.52. The van der Waals surface area contributed by atoms with Crippen LogP contribution in [0.5, 0.6) is 0 Å². The lowest BCUT2D eigenvalue weighted by Gasteiger charge is -2.24. The van der Waals surface area contributed by atoms with Crippen molar-refractivity contribution in [3.63, 3.8) is 0 Å². The molecule has 7 rings (SSSR count). The average molecular weight is 488 g/mol. The SMILES string of the molecule is O=C(Nc1cncc(-c2cnc3[nH]nc(-c4nc5c(-c6ccccn6)ccnc5[nH]4)c3c2)c1)C1CCC1. The van der Waals surface area contributed by atoms with Gasteiger partial charge in [0, 0.05) is 47.4 Å². The molecule has 1 fully saturated rings. The molecule has 0 bridgehead atoms. The lowest BCUT2D eigenvalue weighted by molar-refractivity contribution is -0.122. The number of hydrogen-bond donors (Lipinski definition) is 3. The first-order valence-corrected chi connectivity index (χ1v) is 12.1. The topological polar surface area (TPSA) is 138 Å². The third kappa shape index (κ3) is 3.79. The summed E-state index contributed by atoms with van der Waals surface area (Å²) in [5, 5.41) is 11.3. The molecule has 3 N–H and O–H groups in total. The molecule has 0 radical (unpaired) electrons. The Morgan fingerprint density at radius 3 is 2.70 bits per heavy atom. The zero-order valence-electron chi connectivity index (χ0n) is 19.6. The van der Waals surface area contributed by atoms with Crippen LogP contribution in [0.3, 0.4) is 0 Å². The van der Waals surface area contributed by atoms with Crippen molar-refractivity contribution < 1.29 is 4.79 Å². The Labute approximate surface area is 210 Å². The molecule has 0 spiro atoms. The fourth-order valence-electron chi connectivity index (χ4n) is 4.57. The van der Waals surface area contributed by atoms with Crippen molar-refractivity contribution in [3.05, 3.63) is 67.4 Å². The van der Waals surface area contributed by atoms with Gasteiger partial charge in [-0.2, -0.15) is 5.10 Å². The molecule has 6 aromatic heterocycles. The third-order valence-electron chi connectivity index (χ3n) is 6.78. The first-order chi connectivity index (χ1) is 18.2. The number of H-pyrrole nitrogens is 2. The van der Waals surface area contributed by atoms with E-state index in [0.717, 1.165) is 52.5 Å². The van der Waals surface area contributed by atoms with Gasteiger partial charge in [-0.3, -0.25) is 19.9 Å². The van der Waals surface area contributed by atoms with Gasteiger partial charge in [0.15, 0.2) is 17.1 Å². The highest BCUT2D eigenvalue weighted by molar-refractivity contribution is 5.96. The molecule has 0 aliphatic heterocycles. The summed E-state index contributed by atoms with van der Waals surface area (Å²) >= 11 is 0. The Bertz CT molecular complexity index is 1770. The summed E-state index contributed by atoms with van der Waals surface area (Å²) in [5.74, 6) is 0.738. The minimum Gasteiger partial charge on any atom is -0.324 e. The van der Waals surface area contributed by atoms with Gasteiger partial charge in [-0.1, -0.05) is 12.5 Å². The zero-order chi connectivity index (χ0) is 24.8. The standard InChI is InChI=1S/C27H21N9O/c37-27(15-4-3-5-15)32-18-10-16(12-28-14-18)17-11-20-23(35-36-24(20)31-13-17)26-33-22-19(7-9-30-25(22)34-26)21-6-1-2-8-29-21/h1-2,6-15H,3-5H2,(H,32,37)(H,30,33,34)(H,31,35,36). The van der Waals surface area contributed by atoms with E-state index in [1.165, 1.54) is 0 Å². The molecule has 1 aliphatic rings. The van der Waals surface area contributed by atoms with E-state index in [9.17, 15) is 4.79 Å². The van der Waals surface area contributed by atoms with E-state index in [2.05, 4.69) is 40.4 Å². The van der Waals surface area contributed by atoms with Gasteiger partial charge in [0.2, 0.25) is 5.91 Å². The Hall–Kier alpha value is -4.99. The summed E-state index contributed by atoms with van der Waals surface area (Å²) in [5.41, 5.74) is 6.72. The second kappa shape index (κ2) is 8.59. The summed E-state index contributed by atoms with van der Waals surface area (Å²) in [6.45, 7) is 0. The maximum atomic E-state index is 12.4. The van der Waals surface area contributed by atoms with Crippen LogP contribution in [0.25, 0.3) is 56.1 Å². The van der Waals surface area contributed by atoms with Crippen LogP contribution in [0.2, 0.25) is 0 Å². The molecule has 6 heterocycles. The van der Waals surface area contributed by atoms with Crippen molar-refractivity contribution in [3.8, 4) is 33.9 Å². The lowest BCUT2D eigenvalue weighted by Crippen LogP contribution is -2.28. The van der Waals surface area contributed by atoms with Gasteiger partial charge in [-0.15, -0.1) is 0 Å². The van der Waals surface area contributed by atoms with Crippen molar-refractivity contribution in [1.82, 2.24) is 40.1 Å². The number of imidazole rings is 1. The van der Waals surface area contributed by atoms with E-state index in [0.29, 0.717) is 28.5 Å². The van der Waals surface area contributed by atoms with E-state index < -0.39 is 0 Å². The number of aromatic nitrogens is 8.